The van der Waals surface area contributed by atoms with Crippen LogP contribution in [-0.4, -0.2) is 11.1 Å². The van der Waals surface area contributed by atoms with E-state index in [2.05, 4.69) is 44.2 Å². The van der Waals surface area contributed by atoms with E-state index >= 15 is 0 Å². The average Bonchev–Trinajstić information content (AvgIpc) is 3.03. The molecule has 0 aromatic rings. The van der Waals surface area contributed by atoms with Crippen molar-refractivity contribution in [3.8, 4) is 0 Å². The van der Waals surface area contributed by atoms with Crippen molar-refractivity contribution in [3.63, 3.8) is 0 Å². The zero-order valence-corrected chi connectivity index (χ0v) is 19.9. The van der Waals surface area contributed by atoms with Gasteiger partial charge in [-0.15, -0.1) is 0 Å². The van der Waals surface area contributed by atoms with E-state index in [4.69, 9.17) is 5.11 Å². The van der Waals surface area contributed by atoms with Crippen LogP contribution < -0.4 is 0 Å². The van der Waals surface area contributed by atoms with Crippen LogP contribution in [0.25, 0.3) is 0 Å². The number of unbranched alkanes of at least 4 members (excludes halogenated alkanes) is 8. The maximum atomic E-state index is 10.5. The molecular formula is C20H38I2O2. The number of carbonyl (C=O) groups is 1. The molecule has 0 heterocycles. The fourth-order valence-corrected chi connectivity index (χ4v) is 4.10. The van der Waals surface area contributed by atoms with Gasteiger partial charge in [0.15, 0.2) is 0 Å². The number of carboxylic acids is 1. The molecule has 2 unspecified atom stereocenters. The van der Waals surface area contributed by atoms with Gasteiger partial charge in [-0.3, -0.25) is 4.79 Å². The predicted molar refractivity (Wildman–Crippen MR) is 122 cm³/mol. The fourth-order valence-electron chi connectivity index (χ4n) is 4.10. The van der Waals surface area contributed by atoms with Crippen molar-refractivity contribution >= 4 is 43.2 Å². The van der Waals surface area contributed by atoms with Crippen LogP contribution in [0, 0.1) is 11.8 Å². The van der Waals surface area contributed by atoms with Gasteiger partial charge in [0.25, 0.3) is 0 Å². The lowest BCUT2D eigenvalue weighted by molar-refractivity contribution is -0.137. The highest BCUT2D eigenvalue weighted by molar-refractivity contribution is 15.0. The smallest absolute Gasteiger partial charge is 0.303 e. The van der Waals surface area contributed by atoms with Gasteiger partial charge in [-0.2, -0.15) is 0 Å². The summed E-state index contributed by atoms with van der Waals surface area (Å²) in [6.07, 6.45) is 20.6. The van der Waals surface area contributed by atoms with E-state index in [0.29, 0.717) is 6.42 Å². The van der Waals surface area contributed by atoms with Gasteiger partial charge in [0, 0.05) is 43.7 Å². The minimum absolute atomic E-state index is 0.351. The molecule has 1 aliphatic rings. The normalized spacial score (nSPS) is 19.8. The van der Waals surface area contributed by atoms with Crippen LogP contribution in [0.15, 0.2) is 0 Å². The molecule has 1 aliphatic carbocycles. The monoisotopic (exact) mass is 564 g/mol. The third-order valence-electron chi connectivity index (χ3n) is 5.46. The summed E-state index contributed by atoms with van der Waals surface area (Å²) in [5.74, 6) is 1.34. The molecule has 0 aromatic heterocycles. The molecular weight excluding hydrogens is 526 g/mol. The van der Waals surface area contributed by atoms with Gasteiger partial charge in [0.1, 0.15) is 0 Å². The molecule has 0 saturated heterocycles. The lowest BCUT2D eigenvalue weighted by Crippen LogP contribution is -2.08. The number of rotatable bonds is 14. The highest BCUT2D eigenvalue weighted by Gasteiger charge is 2.25. The average molecular weight is 564 g/mol. The largest absolute Gasteiger partial charge is 0.481 e. The molecule has 2 nitrogen and oxygen atoms in total. The van der Waals surface area contributed by atoms with E-state index < -0.39 is 5.97 Å². The van der Waals surface area contributed by atoms with Gasteiger partial charge in [0.05, 0.1) is 0 Å². The minimum Gasteiger partial charge on any atom is -0.481 e. The zero-order chi connectivity index (χ0) is 18.0. The first kappa shape index (κ1) is 24.9. The van der Waals surface area contributed by atoms with E-state index in [0.717, 1.165) is 24.7 Å². The third kappa shape index (κ3) is 14.1. The Kier molecular flexibility index (Phi) is 19.4. The minimum atomic E-state index is -0.644. The van der Waals surface area contributed by atoms with Crippen molar-refractivity contribution in [1.29, 1.82) is 0 Å². The molecule has 1 fully saturated rings. The van der Waals surface area contributed by atoms with Crippen molar-refractivity contribution in [2.45, 2.75) is 110 Å². The molecule has 0 spiro atoms. The first-order valence-corrected chi connectivity index (χ1v) is 16.4. The Labute approximate surface area is 173 Å². The molecule has 0 aliphatic heterocycles. The van der Waals surface area contributed by atoms with Crippen molar-refractivity contribution in [2.24, 2.45) is 11.8 Å². The van der Waals surface area contributed by atoms with Crippen molar-refractivity contribution in [2.75, 3.05) is 0 Å². The van der Waals surface area contributed by atoms with Gasteiger partial charge in [-0.1, -0.05) is 96.8 Å². The van der Waals surface area contributed by atoms with E-state index in [1.165, 1.54) is 83.5 Å². The van der Waals surface area contributed by atoms with Crippen molar-refractivity contribution in [3.05, 3.63) is 0 Å². The Morgan fingerprint density at radius 3 is 1.79 bits per heavy atom. The van der Waals surface area contributed by atoms with Crippen molar-refractivity contribution in [1.82, 2.24) is 0 Å². The van der Waals surface area contributed by atoms with Crippen LogP contribution in [0.1, 0.15) is 110 Å². The Morgan fingerprint density at radius 1 is 0.833 bits per heavy atom. The molecule has 0 aromatic carbocycles. The molecule has 4 heteroatoms. The number of halogens is 2. The Morgan fingerprint density at radius 2 is 1.29 bits per heavy atom. The van der Waals surface area contributed by atoms with Gasteiger partial charge >= 0.3 is 5.97 Å². The molecule has 1 rings (SSSR count). The molecule has 1 saturated carbocycles. The molecule has 2 atom stereocenters. The third-order valence-corrected chi connectivity index (χ3v) is 5.46. The summed E-state index contributed by atoms with van der Waals surface area (Å²) in [6, 6.07) is 0. The fraction of sp³-hybridized carbons (Fsp3) is 0.950. The molecule has 0 radical (unpaired) electrons. The molecule has 144 valence electrons. The SMILES string of the molecule is CCCCCCCCC1CCCC1CCCCCCC(=O)O.II. The van der Waals surface area contributed by atoms with Gasteiger partial charge in [0.2, 0.25) is 0 Å². The first-order valence-electron chi connectivity index (χ1n) is 10.1. The van der Waals surface area contributed by atoms with E-state index in [1.807, 2.05) is 0 Å². The summed E-state index contributed by atoms with van der Waals surface area (Å²) in [7, 11) is 0. The zero-order valence-electron chi connectivity index (χ0n) is 15.6. The van der Waals surface area contributed by atoms with Crippen LogP contribution in [0.3, 0.4) is 0 Å². The van der Waals surface area contributed by atoms with Crippen LogP contribution in [0.2, 0.25) is 0 Å². The lowest BCUT2D eigenvalue weighted by atomic mass is 9.86. The predicted octanol–water partition coefficient (Wildman–Crippen LogP) is 8.35. The topological polar surface area (TPSA) is 37.3 Å². The summed E-state index contributed by atoms with van der Waals surface area (Å²) in [5.41, 5.74) is 0. The number of hydrogen-bond donors (Lipinski definition) is 1. The molecule has 0 bridgehead atoms. The second-order valence-electron chi connectivity index (χ2n) is 7.35. The molecule has 1 N–H and O–H groups in total. The Bertz CT molecular complexity index is 285. The van der Waals surface area contributed by atoms with Gasteiger partial charge < -0.3 is 5.11 Å². The summed E-state index contributed by atoms with van der Waals surface area (Å²) in [5, 5.41) is 8.63. The second kappa shape index (κ2) is 18.7. The van der Waals surface area contributed by atoms with Gasteiger partial charge in [-0.05, 0) is 18.3 Å². The van der Waals surface area contributed by atoms with Crippen molar-refractivity contribution < 1.29 is 9.90 Å². The number of hydrogen-bond acceptors (Lipinski definition) is 1. The maximum Gasteiger partial charge on any atom is 0.303 e. The lowest BCUT2D eigenvalue weighted by Gasteiger charge is -2.19. The van der Waals surface area contributed by atoms with Crippen LogP contribution in [-0.2, 0) is 4.79 Å². The van der Waals surface area contributed by atoms with E-state index in [1.54, 1.807) is 0 Å². The maximum absolute atomic E-state index is 10.5. The van der Waals surface area contributed by atoms with Gasteiger partial charge in [-0.25, -0.2) is 0 Å². The number of carboxylic acid groups (broad SMARTS) is 1. The van der Waals surface area contributed by atoms with Crippen LogP contribution in [0.5, 0.6) is 0 Å². The molecule has 24 heavy (non-hydrogen) atoms. The summed E-state index contributed by atoms with van der Waals surface area (Å²) < 4.78 is 0. The standard InChI is InChI=1S/C20H38O2.I2/c1-2-3-4-5-6-9-13-18-15-12-16-19(18)14-10-7-8-11-17-20(21)22;1-2/h18-19H,2-17H2,1H3,(H,21,22);. The summed E-state index contributed by atoms with van der Waals surface area (Å²) in [4.78, 5) is 10.5. The summed E-state index contributed by atoms with van der Waals surface area (Å²) >= 11 is 4.24. The van der Waals surface area contributed by atoms with E-state index in [9.17, 15) is 4.79 Å². The first-order chi connectivity index (χ1) is 11.7. The quantitative estimate of drug-likeness (QED) is 0.170. The highest BCUT2D eigenvalue weighted by Crippen LogP contribution is 2.38. The second-order valence-corrected chi connectivity index (χ2v) is 7.35. The van der Waals surface area contributed by atoms with Crippen LogP contribution >= 0.6 is 37.2 Å². The van der Waals surface area contributed by atoms with Crippen LogP contribution in [0.4, 0.5) is 0 Å². The Balaban J connectivity index is 0.00000254. The molecule has 0 amide bonds. The van der Waals surface area contributed by atoms with E-state index in [-0.39, 0.29) is 0 Å². The number of aliphatic carboxylic acids is 1. The Hall–Kier alpha value is 0.930. The highest BCUT2D eigenvalue weighted by atomic mass is 128. The summed E-state index contributed by atoms with van der Waals surface area (Å²) in [6.45, 7) is 2.28.